The van der Waals surface area contributed by atoms with Crippen molar-refractivity contribution < 1.29 is 24.2 Å². The third kappa shape index (κ3) is 3.72. The van der Waals surface area contributed by atoms with Crippen LogP contribution < -0.4 is 15.0 Å². The number of carbonyl (C=O) groups is 3. The van der Waals surface area contributed by atoms with Crippen molar-refractivity contribution in [2.75, 3.05) is 23.4 Å². The standard InChI is InChI=1S/C17H13ClN2O5/c18-11-2-1-3-12(7-11)19-15(21)8-20-13-6-10(17(23)24)4-5-14(13)25-9-16(20)22/h1-7H,8-9H2,(H,19,21)(H,23,24). The molecular weight excluding hydrogens is 348 g/mol. The molecule has 1 aliphatic heterocycles. The quantitative estimate of drug-likeness (QED) is 0.872. The number of benzene rings is 2. The Kier molecular flexibility index (Phi) is 4.58. The van der Waals surface area contributed by atoms with Gasteiger partial charge in [0.1, 0.15) is 12.3 Å². The van der Waals surface area contributed by atoms with Crippen molar-refractivity contribution in [3.63, 3.8) is 0 Å². The highest BCUT2D eigenvalue weighted by Crippen LogP contribution is 2.33. The van der Waals surface area contributed by atoms with Gasteiger partial charge in [-0.05, 0) is 36.4 Å². The number of carboxylic acid groups (broad SMARTS) is 1. The fourth-order valence-electron chi connectivity index (χ4n) is 2.42. The van der Waals surface area contributed by atoms with E-state index >= 15 is 0 Å². The van der Waals surface area contributed by atoms with Gasteiger partial charge in [-0.15, -0.1) is 0 Å². The van der Waals surface area contributed by atoms with Crippen LogP contribution in [-0.4, -0.2) is 36.0 Å². The number of nitrogens with zero attached hydrogens (tertiary/aromatic N) is 1. The highest BCUT2D eigenvalue weighted by Gasteiger charge is 2.28. The number of nitrogens with one attached hydrogen (secondary N) is 1. The van der Waals surface area contributed by atoms with E-state index in [4.69, 9.17) is 21.4 Å². The van der Waals surface area contributed by atoms with E-state index in [0.717, 1.165) is 0 Å². The Balaban J connectivity index is 1.82. The smallest absolute Gasteiger partial charge is 0.335 e. The highest BCUT2D eigenvalue weighted by molar-refractivity contribution is 6.30. The predicted octanol–water partition coefficient (Wildman–Crippen LogP) is 2.40. The van der Waals surface area contributed by atoms with Crippen LogP contribution in [0.3, 0.4) is 0 Å². The number of carbonyl (C=O) groups excluding carboxylic acids is 2. The maximum Gasteiger partial charge on any atom is 0.335 e. The molecular formula is C17H13ClN2O5. The van der Waals surface area contributed by atoms with Crippen LogP contribution in [0.2, 0.25) is 5.02 Å². The van der Waals surface area contributed by atoms with E-state index < -0.39 is 17.8 Å². The van der Waals surface area contributed by atoms with E-state index in [0.29, 0.717) is 16.5 Å². The molecule has 0 atom stereocenters. The first-order valence-electron chi connectivity index (χ1n) is 7.30. The third-order valence-corrected chi connectivity index (χ3v) is 3.79. The third-order valence-electron chi connectivity index (χ3n) is 3.56. The summed E-state index contributed by atoms with van der Waals surface area (Å²) >= 11 is 5.87. The first-order valence-corrected chi connectivity index (χ1v) is 7.68. The molecule has 0 aliphatic carbocycles. The average Bonchev–Trinajstić information content (AvgIpc) is 2.57. The van der Waals surface area contributed by atoms with E-state index in [-0.39, 0.29) is 24.4 Å². The van der Waals surface area contributed by atoms with Crippen molar-refractivity contribution in [3.8, 4) is 5.75 Å². The molecule has 0 spiro atoms. The van der Waals surface area contributed by atoms with Crippen molar-refractivity contribution >= 4 is 40.8 Å². The summed E-state index contributed by atoms with van der Waals surface area (Å²) in [6.07, 6.45) is 0. The molecule has 0 fully saturated rings. The summed E-state index contributed by atoms with van der Waals surface area (Å²) in [7, 11) is 0. The van der Waals surface area contributed by atoms with E-state index in [1.807, 2.05) is 0 Å². The minimum absolute atomic E-state index is 0.00250. The molecule has 2 aromatic rings. The second-order valence-electron chi connectivity index (χ2n) is 5.31. The minimum Gasteiger partial charge on any atom is -0.482 e. The minimum atomic E-state index is -1.14. The zero-order valence-electron chi connectivity index (χ0n) is 12.9. The summed E-state index contributed by atoms with van der Waals surface area (Å²) in [4.78, 5) is 36.7. The molecule has 8 heteroatoms. The SMILES string of the molecule is O=C(CN1C(=O)COc2ccc(C(=O)O)cc21)Nc1cccc(Cl)c1. The number of halogens is 1. The van der Waals surface area contributed by atoms with E-state index in [1.165, 1.54) is 23.1 Å². The van der Waals surface area contributed by atoms with Gasteiger partial charge in [-0.2, -0.15) is 0 Å². The second-order valence-corrected chi connectivity index (χ2v) is 5.75. The van der Waals surface area contributed by atoms with Gasteiger partial charge in [-0.1, -0.05) is 17.7 Å². The number of hydrogen-bond acceptors (Lipinski definition) is 4. The summed E-state index contributed by atoms with van der Waals surface area (Å²) in [5, 5.41) is 12.2. The molecule has 3 rings (SSSR count). The Morgan fingerprint density at radius 2 is 2.04 bits per heavy atom. The van der Waals surface area contributed by atoms with Gasteiger partial charge < -0.3 is 15.2 Å². The summed E-state index contributed by atoms with van der Waals surface area (Å²) < 4.78 is 5.28. The van der Waals surface area contributed by atoms with Gasteiger partial charge in [0.2, 0.25) is 5.91 Å². The average molecular weight is 361 g/mol. The molecule has 0 unspecified atom stereocenters. The zero-order valence-corrected chi connectivity index (χ0v) is 13.6. The molecule has 0 bridgehead atoms. The van der Waals surface area contributed by atoms with Gasteiger partial charge in [0.05, 0.1) is 11.3 Å². The van der Waals surface area contributed by atoms with Crippen LogP contribution in [0, 0.1) is 0 Å². The lowest BCUT2D eigenvalue weighted by molar-refractivity contribution is -0.123. The summed E-state index contributed by atoms with van der Waals surface area (Å²) in [5.74, 6) is -1.66. The first kappa shape index (κ1) is 16.8. The van der Waals surface area contributed by atoms with Gasteiger partial charge in [0, 0.05) is 10.7 Å². The first-order chi connectivity index (χ1) is 11.9. The normalized spacial score (nSPS) is 13.0. The lowest BCUT2D eigenvalue weighted by atomic mass is 10.1. The highest BCUT2D eigenvalue weighted by atomic mass is 35.5. The molecule has 2 amide bonds. The van der Waals surface area contributed by atoms with Crippen LogP contribution in [0.25, 0.3) is 0 Å². The van der Waals surface area contributed by atoms with Crippen LogP contribution in [0.4, 0.5) is 11.4 Å². The summed E-state index contributed by atoms with van der Waals surface area (Å²) in [6.45, 7) is -0.491. The Hall–Kier alpha value is -3.06. The number of aromatic carboxylic acids is 1. The predicted molar refractivity (Wildman–Crippen MR) is 91.3 cm³/mol. The second kappa shape index (κ2) is 6.82. The molecule has 2 aromatic carbocycles. The van der Waals surface area contributed by atoms with Crippen molar-refractivity contribution in [1.82, 2.24) is 0 Å². The lowest BCUT2D eigenvalue weighted by Crippen LogP contribution is -2.43. The monoisotopic (exact) mass is 360 g/mol. The fourth-order valence-corrected chi connectivity index (χ4v) is 2.61. The van der Waals surface area contributed by atoms with Crippen LogP contribution in [-0.2, 0) is 9.59 Å². The van der Waals surface area contributed by atoms with Crippen molar-refractivity contribution in [3.05, 3.63) is 53.1 Å². The number of hydrogen-bond donors (Lipinski definition) is 2. The molecule has 0 radical (unpaired) electrons. The van der Waals surface area contributed by atoms with Crippen LogP contribution in [0.5, 0.6) is 5.75 Å². The van der Waals surface area contributed by atoms with Crippen LogP contribution in [0.15, 0.2) is 42.5 Å². The maximum absolute atomic E-state index is 12.3. The molecule has 1 heterocycles. The number of anilines is 2. The molecule has 25 heavy (non-hydrogen) atoms. The van der Waals surface area contributed by atoms with Gasteiger partial charge >= 0.3 is 5.97 Å². The Bertz CT molecular complexity index is 868. The Morgan fingerprint density at radius 1 is 1.24 bits per heavy atom. The topological polar surface area (TPSA) is 95.9 Å². The Labute approximate surface area is 147 Å². The molecule has 2 N–H and O–H groups in total. The van der Waals surface area contributed by atoms with Crippen molar-refractivity contribution in [2.45, 2.75) is 0 Å². The van der Waals surface area contributed by atoms with E-state index in [9.17, 15) is 14.4 Å². The van der Waals surface area contributed by atoms with Crippen molar-refractivity contribution in [2.24, 2.45) is 0 Å². The molecule has 128 valence electrons. The number of amides is 2. The summed E-state index contributed by atoms with van der Waals surface area (Å²) in [6, 6.07) is 10.8. The number of carboxylic acids is 1. The van der Waals surface area contributed by atoms with Crippen LogP contribution in [0.1, 0.15) is 10.4 Å². The van der Waals surface area contributed by atoms with Gasteiger partial charge in [0.25, 0.3) is 5.91 Å². The van der Waals surface area contributed by atoms with Gasteiger partial charge in [-0.3, -0.25) is 14.5 Å². The molecule has 0 aromatic heterocycles. The summed E-state index contributed by atoms with van der Waals surface area (Å²) in [5.41, 5.74) is 0.743. The molecule has 0 saturated heterocycles. The number of fused-ring (bicyclic) bond motifs is 1. The molecule has 7 nitrogen and oxygen atoms in total. The van der Waals surface area contributed by atoms with Crippen molar-refractivity contribution in [1.29, 1.82) is 0 Å². The lowest BCUT2D eigenvalue weighted by Gasteiger charge is -2.29. The largest absolute Gasteiger partial charge is 0.482 e. The molecule has 1 aliphatic rings. The molecule has 0 saturated carbocycles. The van der Waals surface area contributed by atoms with Gasteiger partial charge in [0.15, 0.2) is 6.61 Å². The zero-order chi connectivity index (χ0) is 18.0. The van der Waals surface area contributed by atoms with Crippen LogP contribution >= 0.6 is 11.6 Å². The number of rotatable bonds is 4. The number of ether oxygens (including phenoxy) is 1. The fraction of sp³-hybridized carbons (Fsp3) is 0.118. The van der Waals surface area contributed by atoms with Gasteiger partial charge in [-0.25, -0.2) is 4.79 Å². The van der Waals surface area contributed by atoms with E-state index in [2.05, 4.69) is 5.32 Å². The maximum atomic E-state index is 12.3. The van der Waals surface area contributed by atoms with E-state index in [1.54, 1.807) is 24.3 Å². The Morgan fingerprint density at radius 3 is 2.76 bits per heavy atom.